The van der Waals surface area contributed by atoms with Gasteiger partial charge in [0, 0.05) is 11.9 Å². The number of carbonyl (C=O) groups is 1. The summed E-state index contributed by atoms with van der Waals surface area (Å²) in [5.41, 5.74) is 6.09. The number of carboxylic acids is 1. The molecule has 3 N–H and O–H groups in total. The molecule has 0 spiro atoms. The van der Waals surface area contributed by atoms with Gasteiger partial charge >= 0.3 is 5.97 Å². The minimum atomic E-state index is -1.20. The van der Waals surface area contributed by atoms with Gasteiger partial charge in [0.15, 0.2) is 5.82 Å². The van der Waals surface area contributed by atoms with Crippen molar-refractivity contribution in [1.29, 1.82) is 0 Å². The van der Waals surface area contributed by atoms with Gasteiger partial charge in [0.2, 0.25) is 0 Å². The van der Waals surface area contributed by atoms with Crippen molar-refractivity contribution in [2.45, 2.75) is 19.8 Å². The number of carboxylic acid groups (broad SMARTS) is 1. The van der Waals surface area contributed by atoms with Crippen molar-refractivity contribution in [3.05, 3.63) is 41.5 Å². The van der Waals surface area contributed by atoms with Gasteiger partial charge in [0.05, 0.1) is 11.3 Å². The Morgan fingerprint density at radius 1 is 1.47 bits per heavy atom. The summed E-state index contributed by atoms with van der Waals surface area (Å²) in [4.78, 5) is 11.0. The number of rotatable bonds is 3. The fourth-order valence-electron chi connectivity index (χ4n) is 1.72. The summed E-state index contributed by atoms with van der Waals surface area (Å²) in [5, 5.41) is 13.2. The number of nitrogens with zero attached hydrogens (tertiary/aromatic N) is 2. The van der Waals surface area contributed by atoms with E-state index in [1.54, 1.807) is 12.3 Å². The Hall–Kier alpha value is -2.37. The Morgan fingerprint density at radius 3 is 2.68 bits per heavy atom. The van der Waals surface area contributed by atoms with Crippen LogP contribution >= 0.6 is 0 Å². The van der Waals surface area contributed by atoms with E-state index in [0.717, 1.165) is 11.8 Å². The predicted octanol–water partition coefficient (Wildman–Crippen LogP) is 2.42. The van der Waals surface area contributed by atoms with Crippen LogP contribution in [-0.4, -0.2) is 20.9 Å². The maximum absolute atomic E-state index is 13.9. The monoisotopic (exact) mass is 263 g/mol. The maximum Gasteiger partial charge on any atom is 0.337 e. The fourth-order valence-corrected chi connectivity index (χ4v) is 1.72. The molecule has 0 atom stereocenters. The van der Waals surface area contributed by atoms with Crippen molar-refractivity contribution >= 4 is 11.7 Å². The van der Waals surface area contributed by atoms with E-state index in [4.69, 9.17) is 10.8 Å². The molecule has 1 aromatic heterocycles. The Bertz CT molecular complexity index is 635. The highest BCUT2D eigenvalue weighted by molar-refractivity contribution is 5.94. The van der Waals surface area contributed by atoms with Crippen LogP contribution in [0.5, 0.6) is 0 Å². The lowest BCUT2D eigenvalue weighted by molar-refractivity contribution is 0.0698. The van der Waals surface area contributed by atoms with E-state index in [9.17, 15) is 9.18 Å². The molecule has 0 unspecified atom stereocenters. The lowest BCUT2D eigenvalue weighted by Gasteiger charge is -2.07. The van der Waals surface area contributed by atoms with Crippen molar-refractivity contribution in [3.63, 3.8) is 0 Å². The standard InChI is InChI=1S/C13H14FN3O2/c1-7(2)11-3-4-17(16-11)12-5-8(13(18)19)10(15)6-9(12)14/h3-7H,15H2,1-2H3,(H,18,19). The molecule has 5 nitrogen and oxygen atoms in total. The molecule has 1 heterocycles. The van der Waals surface area contributed by atoms with Gasteiger partial charge in [-0.05, 0) is 24.1 Å². The molecule has 2 aromatic rings. The molecule has 0 amide bonds. The number of hydrogen-bond acceptors (Lipinski definition) is 3. The summed E-state index contributed by atoms with van der Waals surface area (Å²) in [6.45, 7) is 3.93. The summed E-state index contributed by atoms with van der Waals surface area (Å²) >= 11 is 0. The minimum absolute atomic E-state index is 0.0681. The second-order valence-electron chi connectivity index (χ2n) is 4.54. The second kappa shape index (κ2) is 4.72. The smallest absolute Gasteiger partial charge is 0.337 e. The summed E-state index contributed by atoms with van der Waals surface area (Å²) in [5.74, 6) is -1.60. The average Bonchev–Trinajstić information content (AvgIpc) is 2.77. The lowest BCUT2D eigenvalue weighted by atomic mass is 10.1. The predicted molar refractivity (Wildman–Crippen MR) is 69.0 cm³/mol. The number of aromatic nitrogens is 2. The van der Waals surface area contributed by atoms with E-state index in [1.807, 2.05) is 13.8 Å². The molecule has 100 valence electrons. The number of benzene rings is 1. The molecule has 0 aliphatic carbocycles. The van der Waals surface area contributed by atoms with Crippen LogP contribution in [0.25, 0.3) is 5.69 Å². The van der Waals surface area contributed by atoms with Gasteiger partial charge in [0.25, 0.3) is 0 Å². The van der Waals surface area contributed by atoms with E-state index in [-0.39, 0.29) is 22.9 Å². The van der Waals surface area contributed by atoms with E-state index >= 15 is 0 Å². The Balaban J connectivity index is 2.54. The molecule has 0 saturated heterocycles. The van der Waals surface area contributed by atoms with Crippen LogP contribution < -0.4 is 5.73 Å². The van der Waals surface area contributed by atoms with Crippen LogP contribution in [0.3, 0.4) is 0 Å². The number of halogens is 1. The Morgan fingerprint density at radius 2 is 2.16 bits per heavy atom. The SMILES string of the molecule is CC(C)c1ccn(-c2cc(C(=O)O)c(N)cc2F)n1. The highest BCUT2D eigenvalue weighted by Gasteiger charge is 2.15. The first-order valence-corrected chi connectivity index (χ1v) is 5.78. The van der Waals surface area contributed by atoms with Gasteiger partial charge in [-0.25, -0.2) is 13.9 Å². The molecule has 0 aliphatic heterocycles. The van der Waals surface area contributed by atoms with Gasteiger partial charge in [0.1, 0.15) is 5.69 Å². The molecule has 0 saturated carbocycles. The highest BCUT2D eigenvalue weighted by Crippen LogP contribution is 2.22. The normalized spacial score (nSPS) is 10.9. The van der Waals surface area contributed by atoms with Gasteiger partial charge in [-0.15, -0.1) is 0 Å². The van der Waals surface area contributed by atoms with E-state index < -0.39 is 11.8 Å². The first-order chi connectivity index (χ1) is 8.90. The van der Waals surface area contributed by atoms with E-state index in [2.05, 4.69) is 5.10 Å². The third kappa shape index (κ3) is 2.42. The van der Waals surface area contributed by atoms with Crippen LogP contribution in [0, 0.1) is 5.82 Å². The van der Waals surface area contributed by atoms with Gasteiger partial charge < -0.3 is 10.8 Å². The second-order valence-corrected chi connectivity index (χ2v) is 4.54. The van der Waals surface area contributed by atoms with Crippen molar-refractivity contribution in [2.24, 2.45) is 0 Å². The molecule has 0 bridgehead atoms. The zero-order chi connectivity index (χ0) is 14.2. The number of nitrogens with two attached hydrogens (primary N) is 1. The number of anilines is 1. The van der Waals surface area contributed by atoms with E-state index in [0.29, 0.717) is 0 Å². The third-order valence-electron chi connectivity index (χ3n) is 2.80. The van der Waals surface area contributed by atoms with Crippen LogP contribution in [-0.2, 0) is 0 Å². The lowest BCUT2D eigenvalue weighted by Crippen LogP contribution is -2.07. The molecule has 0 radical (unpaired) electrons. The van der Waals surface area contributed by atoms with Crippen molar-refractivity contribution in [3.8, 4) is 5.69 Å². The van der Waals surface area contributed by atoms with E-state index in [1.165, 1.54) is 10.7 Å². The number of nitrogen functional groups attached to an aromatic ring is 1. The van der Waals surface area contributed by atoms with Crippen LogP contribution in [0.2, 0.25) is 0 Å². The van der Waals surface area contributed by atoms with Crippen LogP contribution in [0.15, 0.2) is 24.4 Å². The first kappa shape index (κ1) is 13.1. The van der Waals surface area contributed by atoms with Crippen LogP contribution in [0.4, 0.5) is 10.1 Å². The van der Waals surface area contributed by atoms with Gasteiger partial charge in [-0.3, -0.25) is 0 Å². The van der Waals surface area contributed by atoms with Gasteiger partial charge in [-0.2, -0.15) is 5.10 Å². The van der Waals surface area contributed by atoms with Crippen LogP contribution in [0.1, 0.15) is 35.8 Å². The third-order valence-corrected chi connectivity index (χ3v) is 2.80. The molecular weight excluding hydrogens is 249 g/mol. The summed E-state index contributed by atoms with van der Waals surface area (Å²) in [6, 6.07) is 3.94. The molecule has 0 aliphatic rings. The topological polar surface area (TPSA) is 81.1 Å². The van der Waals surface area contributed by atoms with Gasteiger partial charge in [-0.1, -0.05) is 13.8 Å². The molecule has 6 heteroatoms. The zero-order valence-corrected chi connectivity index (χ0v) is 10.6. The van der Waals surface area contributed by atoms with Crippen molar-refractivity contribution in [2.75, 3.05) is 5.73 Å². The average molecular weight is 263 g/mol. The quantitative estimate of drug-likeness (QED) is 0.833. The molecule has 19 heavy (non-hydrogen) atoms. The highest BCUT2D eigenvalue weighted by atomic mass is 19.1. The summed E-state index contributed by atoms with van der Waals surface area (Å²) in [7, 11) is 0. The zero-order valence-electron chi connectivity index (χ0n) is 10.6. The molecular formula is C13H14FN3O2. The largest absolute Gasteiger partial charge is 0.478 e. The van der Waals surface area contributed by atoms with Crippen molar-refractivity contribution in [1.82, 2.24) is 9.78 Å². The summed E-state index contributed by atoms with van der Waals surface area (Å²) < 4.78 is 15.2. The molecule has 0 fully saturated rings. The fraction of sp³-hybridized carbons (Fsp3) is 0.231. The molecule has 1 aromatic carbocycles. The number of hydrogen-bond donors (Lipinski definition) is 2. The Kier molecular flexibility index (Phi) is 3.25. The maximum atomic E-state index is 13.9. The summed E-state index contributed by atoms with van der Waals surface area (Å²) in [6.07, 6.45) is 1.59. The number of aromatic carboxylic acids is 1. The molecule has 2 rings (SSSR count). The minimum Gasteiger partial charge on any atom is -0.478 e. The first-order valence-electron chi connectivity index (χ1n) is 5.78. The van der Waals surface area contributed by atoms with Crippen molar-refractivity contribution < 1.29 is 14.3 Å². The Labute approximate surface area is 109 Å².